The molecule has 0 aliphatic heterocycles. The van der Waals surface area contributed by atoms with Gasteiger partial charge < -0.3 is 0 Å². The molecule has 1 heterocycles. The van der Waals surface area contributed by atoms with E-state index in [4.69, 9.17) is 11.6 Å². The van der Waals surface area contributed by atoms with E-state index in [1.807, 2.05) is 6.92 Å². The van der Waals surface area contributed by atoms with E-state index in [0.717, 1.165) is 18.5 Å². The molecule has 1 rings (SSSR count). The molecule has 0 radical (unpaired) electrons. The van der Waals surface area contributed by atoms with E-state index >= 15 is 0 Å². The Morgan fingerprint density at radius 3 is 2.21 bits per heavy atom. The van der Waals surface area contributed by atoms with Crippen LogP contribution < -0.4 is 0 Å². The molecule has 80 valence electrons. The lowest BCUT2D eigenvalue weighted by Gasteiger charge is -2.15. The molecule has 0 saturated carbocycles. The molecule has 2 nitrogen and oxygen atoms in total. The number of hydrogen-bond donors (Lipinski definition) is 0. The van der Waals surface area contributed by atoms with E-state index in [2.05, 4.69) is 30.6 Å². The molecule has 0 atom stereocenters. The number of alkyl halides is 1. The molecular formula is C11H19ClN2. The summed E-state index contributed by atoms with van der Waals surface area (Å²) in [4.78, 5) is 0. The van der Waals surface area contributed by atoms with Gasteiger partial charge in [-0.2, -0.15) is 5.10 Å². The van der Waals surface area contributed by atoms with Crippen LogP contribution in [0.2, 0.25) is 0 Å². The van der Waals surface area contributed by atoms with E-state index in [0.29, 0.717) is 11.9 Å². The van der Waals surface area contributed by atoms with E-state index in [9.17, 15) is 0 Å². The van der Waals surface area contributed by atoms with Crippen LogP contribution in [0, 0.1) is 13.8 Å². The van der Waals surface area contributed by atoms with Crippen LogP contribution in [0.5, 0.6) is 0 Å². The van der Waals surface area contributed by atoms with Crippen LogP contribution in [0.1, 0.15) is 49.7 Å². The van der Waals surface area contributed by atoms with Crippen LogP contribution in [-0.2, 0) is 5.88 Å². The van der Waals surface area contributed by atoms with Gasteiger partial charge in [-0.1, -0.05) is 13.8 Å². The third kappa shape index (κ3) is 1.95. The van der Waals surface area contributed by atoms with E-state index in [-0.39, 0.29) is 0 Å². The zero-order valence-electron chi connectivity index (χ0n) is 9.47. The first kappa shape index (κ1) is 11.6. The Kier molecular flexibility index (Phi) is 3.99. The second-order valence-electron chi connectivity index (χ2n) is 3.70. The molecule has 0 fully saturated rings. The van der Waals surface area contributed by atoms with Crippen molar-refractivity contribution in [2.75, 3.05) is 0 Å². The molecule has 0 aromatic carbocycles. The Bertz CT molecular complexity index is 300. The van der Waals surface area contributed by atoms with Crippen molar-refractivity contribution in [3.05, 3.63) is 17.0 Å². The number of aromatic nitrogens is 2. The molecule has 3 heteroatoms. The number of rotatable bonds is 4. The summed E-state index contributed by atoms with van der Waals surface area (Å²) < 4.78 is 2.13. The van der Waals surface area contributed by atoms with Crippen molar-refractivity contribution in [3.63, 3.8) is 0 Å². The first-order valence-electron chi connectivity index (χ1n) is 5.26. The maximum atomic E-state index is 5.89. The highest BCUT2D eigenvalue weighted by Crippen LogP contribution is 2.22. The minimum atomic E-state index is 0.519. The van der Waals surface area contributed by atoms with Crippen LogP contribution in [0.3, 0.4) is 0 Å². The van der Waals surface area contributed by atoms with Gasteiger partial charge >= 0.3 is 0 Å². The van der Waals surface area contributed by atoms with Crippen molar-refractivity contribution in [3.8, 4) is 0 Å². The standard InChI is InChI=1S/C11H19ClN2/c1-5-10(6-2)14-9(4)11(7-12)8(3)13-14/h10H,5-7H2,1-4H3. The van der Waals surface area contributed by atoms with Gasteiger partial charge in [0.15, 0.2) is 0 Å². The minimum Gasteiger partial charge on any atom is -0.266 e. The van der Waals surface area contributed by atoms with Crippen LogP contribution >= 0.6 is 11.6 Å². The Morgan fingerprint density at radius 2 is 1.86 bits per heavy atom. The topological polar surface area (TPSA) is 17.8 Å². The third-order valence-electron chi connectivity index (χ3n) is 2.90. The molecular weight excluding hydrogens is 196 g/mol. The van der Waals surface area contributed by atoms with Gasteiger partial charge in [-0.05, 0) is 26.7 Å². The zero-order valence-corrected chi connectivity index (χ0v) is 10.2. The Balaban J connectivity index is 3.09. The average Bonchev–Trinajstić information content (AvgIpc) is 2.45. The summed E-state index contributed by atoms with van der Waals surface area (Å²) in [5.74, 6) is 0.567. The summed E-state index contributed by atoms with van der Waals surface area (Å²) in [7, 11) is 0. The number of aryl methyl sites for hydroxylation is 1. The molecule has 0 spiro atoms. The van der Waals surface area contributed by atoms with Gasteiger partial charge in [-0.25, -0.2) is 0 Å². The molecule has 1 aromatic rings. The minimum absolute atomic E-state index is 0.519. The lowest BCUT2D eigenvalue weighted by Crippen LogP contribution is -2.10. The second kappa shape index (κ2) is 4.83. The van der Waals surface area contributed by atoms with Crippen molar-refractivity contribution in [2.45, 2.75) is 52.5 Å². The SMILES string of the molecule is CCC(CC)n1nc(C)c(CCl)c1C. The fraction of sp³-hybridized carbons (Fsp3) is 0.727. The van der Waals surface area contributed by atoms with Crippen molar-refractivity contribution in [2.24, 2.45) is 0 Å². The highest BCUT2D eigenvalue weighted by molar-refractivity contribution is 6.17. The average molecular weight is 215 g/mol. The van der Waals surface area contributed by atoms with Crippen LogP contribution in [-0.4, -0.2) is 9.78 Å². The molecule has 0 N–H and O–H groups in total. The smallest absolute Gasteiger partial charge is 0.0640 e. The first-order chi connectivity index (χ1) is 6.65. The summed E-state index contributed by atoms with van der Waals surface area (Å²) in [6.45, 7) is 8.54. The molecule has 0 aliphatic rings. The number of halogens is 1. The molecule has 1 aromatic heterocycles. The van der Waals surface area contributed by atoms with Gasteiger partial charge in [0.2, 0.25) is 0 Å². The molecule has 0 amide bonds. The van der Waals surface area contributed by atoms with Gasteiger partial charge in [-0.15, -0.1) is 11.6 Å². The summed E-state index contributed by atoms with van der Waals surface area (Å²) >= 11 is 5.89. The van der Waals surface area contributed by atoms with Gasteiger partial charge in [0.25, 0.3) is 0 Å². The summed E-state index contributed by atoms with van der Waals surface area (Å²) in [6, 6.07) is 0.519. The van der Waals surface area contributed by atoms with Crippen LogP contribution in [0.15, 0.2) is 0 Å². The highest BCUT2D eigenvalue weighted by atomic mass is 35.5. The fourth-order valence-electron chi connectivity index (χ4n) is 1.88. The Hall–Kier alpha value is -0.500. The monoisotopic (exact) mass is 214 g/mol. The van der Waals surface area contributed by atoms with Crippen molar-refractivity contribution >= 4 is 11.6 Å². The van der Waals surface area contributed by atoms with Crippen LogP contribution in [0.4, 0.5) is 0 Å². The molecule has 0 bridgehead atoms. The predicted octanol–water partition coefficient (Wildman–Crippen LogP) is 3.60. The first-order valence-corrected chi connectivity index (χ1v) is 5.79. The molecule has 0 saturated heterocycles. The summed E-state index contributed by atoms with van der Waals surface area (Å²) in [5, 5.41) is 4.56. The molecule has 0 unspecified atom stereocenters. The maximum Gasteiger partial charge on any atom is 0.0640 e. The van der Waals surface area contributed by atoms with E-state index in [1.165, 1.54) is 11.3 Å². The van der Waals surface area contributed by atoms with Crippen molar-refractivity contribution in [1.29, 1.82) is 0 Å². The second-order valence-corrected chi connectivity index (χ2v) is 3.97. The normalized spacial score (nSPS) is 11.3. The van der Waals surface area contributed by atoms with E-state index < -0.39 is 0 Å². The molecule has 14 heavy (non-hydrogen) atoms. The fourth-order valence-corrected chi connectivity index (χ4v) is 2.27. The lowest BCUT2D eigenvalue weighted by molar-refractivity contribution is 0.418. The summed E-state index contributed by atoms with van der Waals surface area (Å²) in [5.41, 5.74) is 3.49. The third-order valence-corrected chi connectivity index (χ3v) is 3.16. The Morgan fingerprint density at radius 1 is 1.29 bits per heavy atom. The lowest BCUT2D eigenvalue weighted by atomic mass is 10.1. The van der Waals surface area contributed by atoms with Crippen LogP contribution in [0.25, 0.3) is 0 Å². The molecule has 0 aliphatic carbocycles. The highest BCUT2D eigenvalue weighted by Gasteiger charge is 2.15. The summed E-state index contributed by atoms with van der Waals surface area (Å²) in [6.07, 6.45) is 2.25. The van der Waals surface area contributed by atoms with Gasteiger partial charge in [0.1, 0.15) is 0 Å². The maximum absolute atomic E-state index is 5.89. The Labute approximate surface area is 91.3 Å². The van der Waals surface area contributed by atoms with Gasteiger partial charge in [0, 0.05) is 11.3 Å². The number of hydrogen-bond acceptors (Lipinski definition) is 1. The number of nitrogens with zero attached hydrogens (tertiary/aromatic N) is 2. The van der Waals surface area contributed by atoms with Crippen molar-refractivity contribution in [1.82, 2.24) is 9.78 Å². The van der Waals surface area contributed by atoms with Gasteiger partial charge in [0.05, 0.1) is 17.6 Å². The van der Waals surface area contributed by atoms with E-state index in [1.54, 1.807) is 0 Å². The quantitative estimate of drug-likeness (QED) is 0.701. The van der Waals surface area contributed by atoms with Crippen molar-refractivity contribution < 1.29 is 0 Å². The van der Waals surface area contributed by atoms with Gasteiger partial charge in [-0.3, -0.25) is 4.68 Å². The predicted molar refractivity (Wildman–Crippen MR) is 60.9 cm³/mol. The zero-order chi connectivity index (χ0) is 10.7. The largest absolute Gasteiger partial charge is 0.266 e.